The summed E-state index contributed by atoms with van der Waals surface area (Å²) < 4.78 is 65.5. The van der Waals surface area contributed by atoms with Crippen molar-refractivity contribution in [3.63, 3.8) is 0 Å². The van der Waals surface area contributed by atoms with E-state index in [0.717, 1.165) is 24.4 Å². The van der Waals surface area contributed by atoms with Gasteiger partial charge in [-0.15, -0.1) is 0 Å². The highest BCUT2D eigenvalue weighted by molar-refractivity contribution is 5.82. The molecule has 2 aromatic carbocycles. The molecule has 0 saturated carbocycles. The van der Waals surface area contributed by atoms with Crippen LogP contribution in [0.1, 0.15) is 5.56 Å². The van der Waals surface area contributed by atoms with Gasteiger partial charge in [-0.3, -0.25) is 15.5 Å². The number of benzene rings is 2. The standard InChI is InChI=1S/C13H6F5N3O3/c14-8-9(15)11(17)13(12(18)10(8)16)20-19-4-5-1-2-7(22)6(3-5)21(23)24/h1-4,20,22H/p-1/b19-4-. The van der Waals surface area contributed by atoms with Crippen LogP contribution in [0.3, 0.4) is 0 Å². The van der Waals surface area contributed by atoms with E-state index in [4.69, 9.17) is 0 Å². The molecule has 0 spiro atoms. The summed E-state index contributed by atoms with van der Waals surface area (Å²) in [5.74, 6) is -11.7. The molecule has 6 nitrogen and oxygen atoms in total. The summed E-state index contributed by atoms with van der Waals surface area (Å²) >= 11 is 0. The Bertz CT molecular complexity index is 828. The van der Waals surface area contributed by atoms with Crippen LogP contribution in [0.25, 0.3) is 0 Å². The summed E-state index contributed by atoms with van der Waals surface area (Å²) in [6.07, 6.45) is 0.796. The highest BCUT2D eigenvalue weighted by Crippen LogP contribution is 2.27. The lowest BCUT2D eigenvalue weighted by atomic mass is 10.2. The zero-order valence-electron chi connectivity index (χ0n) is 11.3. The molecule has 2 rings (SSSR count). The number of hydrogen-bond donors (Lipinski definition) is 1. The van der Waals surface area contributed by atoms with E-state index in [1.165, 1.54) is 0 Å². The molecule has 0 amide bonds. The van der Waals surface area contributed by atoms with E-state index < -0.39 is 51.1 Å². The van der Waals surface area contributed by atoms with Gasteiger partial charge < -0.3 is 5.11 Å². The van der Waals surface area contributed by atoms with Crippen molar-refractivity contribution in [2.75, 3.05) is 5.43 Å². The average Bonchev–Trinajstić information content (AvgIpc) is 2.55. The summed E-state index contributed by atoms with van der Waals surface area (Å²) in [5, 5.41) is 25.0. The van der Waals surface area contributed by atoms with E-state index in [1.807, 2.05) is 0 Å². The molecule has 0 atom stereocenters. The van der Waals surface area contributed by atoms with Crippen molar-refractivity contribution in [3.05, 3.63) is 63.0 Å². The molecule has 0 unspecified atom stereocenters. The summed E-state index contributed by atoms with van der Waals surface area (Å²) in [6, 6.07) is 2.79. The second-order valence-electron chi connectivity index (χ2n) is 4.30. The molecule has 0 aliphatic heterocycles. The second kappa shape index (κ2) is 6.48. The maximum atomic E-state index is 13.4. The minimum absolute atomic E-state index is 0.0160. The van der Waals surface area contributed by atoms with Gasteiger partial charge in [0.15, 0.2) is 23.3 Å². The molecule has 2 aromatic rings. The smallest absolute Gasteiger partial charge is 0.262 e. The van der Waals surface area contributed by atoms with Gasteiger partial charge in [0.2, 0.25) is 5.82 Å². The fraction of sp³-hybridized carbons (Fsp3) is 0. The fourth-order valence-corrected chi connectivity index (χ4v) is 1.63. The van der Waals surface area contributed by atoms with Crippen LogP contribution in [0.5, 0.6) is 5.75 Å². The monoisotopic (exact) mass is 346 g/mol. The first-order valence-corrected chi connectivity index (χ1v) is 6.00. The number of nitro benzene ring substituents is 1. The normalized spacial score (nSPS) is 11.0. The highest BCUT2D eigenvalue weighted by atomic mass is 19.2. The molecule has 0 bridgehead atoms. The predicted octanol–water partition coefficient (Wildman–Crippen LogP) is 2.81. The van der Waals surface area contributed by atoms with Gasteiger partial charge >= 0.3 is 0 Å². The lowest BCUT2D eigenvalue weighted by Crippen LogP contribution is -2.06. The van der Waals surface area contributed by atoms with Crippen LogP contribution in [-0.2, 0) is 0 Å². The van der Waals surface area contributed by atoms with E-state index in [-0.39, 0.29) is 5.56 Å². The molecule has 0 aliphatic rings. The van der Waals surface area contributed by atoms with E-state index in [9.17, 15) is 37.2 Å². The number of halogens is 5. The SMILES string of the molecule is O=[N+]([O-])c1cc(/C=N\Nc2c(F)c(F)c(F)c(F)c2F)ccc1[O-]. The maximum absolute atomic E-state index is 13.4. The van der Waals surface area contributed by atoms with Crippen LogP contribution in [-0.4, -0.2) is 11.1 Å². The second-order valence-corrected chi connectivity index (χ2v) is 4.30. The molecule has 1 N–H and O–H groups in total. The maximum Gasteiger partial charge on any atom is 0.262 e. The van der Waals surface area contributed by atoms with Crippen LogP contribution in [0.4, 0.5) is 33.3 Å². The van der Waals surface area contributed by atoms with Crippen LogP contribution >= 0.6 is 0 Å². The van der Waals surface area contributed by atoms with Gasteiger partial charge in [0, 0.05) is 11.6 Å². The van der Waals surface area contributed by atoms with Gasteiger partial charge in [0.1, 0.15) is 5.69 Å². The Morgan fingerprint density at radius 2 is 1.54 bits per heavy atom. The summed E-state index contributed by atoms with van der Waals surface area (Å²) in [5.41, 5.74) is -0.549. The molecule has 126 valence electrons. The molecule has 0 fully saturated rings. The van der Waals surface area contributed by atoms with Gasteiger partial charge in [0.25, 0.3) is 5.69 Å². The predicted molar refractivity (Wildman–Crippen MR) is 70.0 cm³/mol. The number of nitrogens with one attached hydrogen (secondary N) is 1. The quantitative estimate of drug-likeness (QED) is 0.230. The van der Waals surface area contributed by atoms with Crippen LogP contribution in [0.2, 0.25) is 0 Å². The van der Waals surface area contributed by atoms with Crippen molar-refractivity contribution in [2.45, 2.75) is 0 Å². The Kier molecular flexibility index (Phi) is 4.62. The minimum atomic E-state index is -2.32. The molecule has 11 heteroatoms. The fourth-order valence-electron chi connectivity index (χ4n) is 1.63. The highest BCUT2D eigenvalue weighted by Gasteiger charge is 2.25. The Morgan fingerprint density at radius 1 is 1.00 bits per heavy atom. The first-order chi connectivity index (χ1) is 11.2. The van der Waals surface area contributed by atoms with Crippen molar-refractivity contribution < 1.29 is 32.0 Å². The van der Waals surface area contributed by atoms with Gasteiger partial charge in [-0.2, -0.15) is 5.10 Å². The van der Waals surface area contributed by atoms with Gasteiger partial charge in [0.05, 0.1) is 11.1 Å². The molecule has 0 radical (unpaired) electrons. The third-order valence-corrected chi connectivity index (χ3v) is 2.78. The van der Waals surface area contributed by atoms with Crippen LogP contribution in [0.15, 0.2) is 23.3 Å². The molecule has 0 heterocycles. The number of nitrogens with zero attached hydrogens (tertiary/aromatic N) is 2. The third-order valence-electron chi connectivity index (χ3n) is 2.78. The summed E-state index contributed by atoms with van der Waals surface area (Å²) in [6.45, 7) is 0. The lowest BCUT2D eigenvalue weighted by Gasteiger charge is -2.07. The zero-order chi connectivity index (χ0) is 18.0. The van der Waals surface area contributed by atoms with Crippen molar-refractivity contribution in [1.29, 1.82) is 0 Å². The van der Waals surface area contributed by atoms with Gasteiger partial charge in [-0.05, 0) is 5.75 Å². The minimum Gasteiger partial charge on any atom is -0.868 e. The molecule has 0 aliphatic carbocycles. The van der Waals surface area contributed by atoms with Gasteiger partial charge in [-0.25, -0.2) is 22.0 Å². The van der Waals surface area contributed by atoms with Crippen molar-refractivity contribution in [3.8, 4) is 5.75 Å². The number of anilines is 1. The molecule has 0 saturated heterocycles. The number of hydrazone groups is 1. The summed E-state index contributed by atoms with van der Waals surface area (Å²) in [7, 11) is 0. The number of hydrogen-bond acceptors (Lipinski definition) is 5. The largest absolute Gasteiger partial charge is 0.868 e. The third kappa shape index (κ3) is 3.09. The average molecular weight is 346 g/mol. The number of nitro groups is 1. The topological polar surface area (TPSA) is 90.6 Å². The molecule has 24 heavy (non-hydrogen) atoms. The Labute approximate surface area is 130 Å². The lowest BCUT2D eigenvalue weighted by molar-refractivity contribution is -0.398. The van der Waals surface area contributed by atoms with Crippen LogP contribution < -0.4 is 10.5 Å². The Morgan fingerprint density at radius 3 is 2.08 bits per heavy atom. The molecule has 0 aromatic heterocycles. The molecular formula is C13H5F5N3O3-. The van der Waals surface area contributed by atoms with Gasteiger partial charge in [-0.1, -0.05) is 12.1 Å². The first-order valence-electron chi connectivity index (χ1n) is 6.00. The first kappa shape index (κ1) is 17.1. The Balaban J connectivity index is 2.31. The number of rotatable bonds is 4. The summed E-state index contributed by atoms with van der Waals surface area (Å²) in [4.78, 5) is 9.65. The zero-order valence-corrected chi connectivity index (χ0v) is 11.3. The van der Waals surface area contributed by atoms with Crippen molar-refractivity contribution in [1.82, 2.24) is 0 Å². The molecular weight excluding hydrogens is 341 g/mol. The van der Waals surface area contributed by atoms with Crippen molar-refractivity contribution >= 4 is 17.6 Å². The van der Waals surface area contributed by atoms with Crippen LogP contribution in [0, 0.1) is 39.2 Å². The van der Waals surface area contributed by atoms with Crippen molar-refractivity contribution in [2.24, 2.45) is 5.10 Å². The van der Waals surface area contributed by atoms with E-state index in [2.05, 4.69) is 5.10 Å². The Hall–Kier alpha value is -3.24. The van der Waals surface area contributed by atoms with E-state index >= 15 is 0 Å². The van der Waals surface area contributed by atoms with E-state index in [0.29, 0.717) is 0 Å². The van der Waals surface area contributed by atoms with E-state index in [1.54, 1.807) is 5.43 Å².